The second kappa shape index (κ2) is 6.24. The summed E-state index contributed by atoms with van der Waals surface area (Å²) >= 11 is 0. The van der Waals surface area contributed by atoms with E-state index in [9.17, 15) is 4.79 Å². The van der Waals surface area contributed by atoms with Crippen LogP contribution in [0.3, 0.4) is 0 Å². The van der Waals surface area contributed by atoms with E-state index in [1.165, 1.54) is 6.08 Å². The van der Waals surface area contributed by atoms with Gasteiger partial charge in [0.25, 0.3) is 0 Å². The number of aliphatic hydroxyl groups is 1. The highest BCUT2D eigenvalue weighted by molar-refractivity contribution is 5.92. The summed E-state index contributed by atoms with van der Waals surface area (Å²) in [6.07, 6.45) is 3.83. The molecule has 1 heterocycles. The maximum Gasteiger partial charge on any atom is 0.244 e. The number of ether oxygens (including phenoxy) is 2. The van der Waals surface area contributed by atoms with Crippen LogP contribution in [0.2, 0.25) is 0 Å². The molecule has 0 bridgehead atoms. The monoisotopic (exact) mass is 263 g/mol. The molecular weight excluding hydrogens is 246 g/mol. The van der Waals surface area contributed by atoms with Crippen molar-refractivity contribution in [3.05, 3.63) is 29.8 Å². The van der Waals surface area contributed by atoms with E-state index in [-0.39, 0.29) is 25.3 Å². The van der Waals surface area contributed by atoms with Crippen molar-refractivity contribution in [1.29, 1.82) is 0 Å². The van der Waals surface area contributed by atoms with Gasteiger partial charge in [-0.25, -0.2) is 0 Å². The number of hydrogen-bond acceptors (Lipinski definition) is 4. The van der Waals surface area contributed by atoms with Gasteiger partial charge >= 0.3 is 0 Å². The van der Waals surface area contributed by atoms with Crippen LogP contribution in [0, 0.1) is 0 Å². The third-order valence-electron chi connectivity index (χ3n) is 2.88. The van der Waals surface area contributed by atoms with Crippen LogP contribution in [-0.4, -0.2) is 30.5 Å². The van der Waals surface area contributed by atoms with E-state index in [1.54, 1.807) is 6.08 Å². The van der Waals surface area contributed by atoms with E-state index in [2.05, 4.69) is 5.32 Å². The van der Waals surface area contributed by atoms with Crippen molar-refractivity contribution in [2.45, 2.75) is 19.4 Å². The van der Waals surface area contributed by atoms with Gasteiger partial charge in [0.05, 0.1) is 12.6 Å². The molecule has 0 unspecified atom stereocenters. The lowest BCUT2D eigenvalue weighted by atomic mass is 10.2. The highest BCUT2D eigenvalue weighted by Crippen LogP contribution is 2.32. The molecule has 0 fully saturated rings. The fourth-order valence-electron chi connectivity index (χ4n) is 1.71. The Hall–Kier alpha value is -2.01. The first kappa shape index (κ1) is 13.4. The van der Waals surface area contributed by atoms with Gasteiger partial charge in [-0.05, 0) is 30.2 Å². The number of carbonyl (C=O) groups is 1. The predicted octanol–water partition coefficient (Wildman–Crippen LogP) is 1.32. The Balaban J connectivity index is 1.96. The Bertz CT molecular complexity index is 480. The third-order valence-corrected chi connectivity index (χ3v) is 2.88. The summed E-state index contributed by atoms with van der Waals surface area (Å²) in [4.78, 5) is 11.6. The summed E-state index contributed by atoms with van der Waals surface area (Å²) < 4.78 is 10.5. The zero-order valence-corrected chi connectivity index (χ0v) is 10.8. The summed E-state index contributed by atoms with van der Waals surface area (Å²) in [5, 5.41) is 11.7. The summed E-state index contributed by atoms with van der Waals surface area (Å²) in [6, 6.07) is 5.27. The summed E-state index contributed by atoms with van der Waals surface area (Å²) in [5.41, 5.74) is 0.858. The van der Waals surface area contributed by atoms with Crippen molar-refractivity contribution in [1.82, 2.24) is 5.32 Å². The van der Waals surface area contributed by atoms with Gasteiger partial charge in [0, 0.05) is 6.08 Å². The number of aliphatic hydroxyl groups excluding tert-OH is 1. The fourth-order valence-corrected chi connectivity index (χ4v) is 1.71. The molecule has 1 atom stereocenters. The Kier molecular flexibility index (Phi) is 4.41. The smallest absolute Gasteiger partial charge is 0.244 e. The molecule has 102 valence electrons. The van der Waals surface area contributed by atoms with Crippen molar-refractivity contribution in [3.8, 4) is 11.5 Å². The van der Waals surface area contributed by atoms with Crippen molar-refractivity contribution in [3.63, 3.8) is 0 Å². The standard InChI is InChI=1S/C14H17NO4/c1-2-11(8-16)15-14(17)6-4-10-3-5-12-13(7-10)19-9-18-12/h3-7,11,16H,2,8-9H2,1H3,(H,15,17)/b6-4+/t11-/m0/s1. The Morgan fingerprint density at radius 1 is 1.47 bits per heavy atom. The minimum atomic E-state index is -0.224. The molecule has 1 aromatic carbocycles. The van der Waals surface area contributed by atoms with Crippen LogP contribution in [-0.2, 0) is 4.79 Å². The maximum atomic E-state index is 11.6. The van der Waals surface area contributed by atoms with Crippen LogP contribution in [0.25, 0.3) is 6.08 Å². The second-order valence-corrected chi connectivity index (χ2v) is 4.24. The largest absolute Gasteiger partial charge is 0.454 e. The maximum absolute atomic E-state index is 11.6. The van der Waals surface area contributed by atoms with Crippen molar-refractivity contribution in [2.75, 3.05) is 13.4 Å². The van der Waals surface area contributed by atoms with Crippen molar-refractivity contribution < 1.29 is 19.4 Å². The number of amides is 1. The molecule has 0 aliphatic carbocycles. The highest BCUT2D eigenvalue weighted by atomic mass is 16.7. The van der Waals surface area contributed by atoms with Crippen LogP contribution in [0.1, 0.15) is 18.9 Å². The van der Waals surface area contributed by atoms with E-state index in [4.69, 9.17) is 14.6 Å². The average Bonchev–Trinajstić information content (AvgIpc) is 2.89. The van der Waals surface area contributed by atoms with Crippen LogP contribution >= 0.6 is 0 Å². The Labute approximate surface area is 111 Å². The highest BCUT2D eigenvalue weighted by Gasteiger charge is 2.12. The zero-order valence-electron chi connectivity index (χ0n) is 10.8. The SMILES string of the molecule is CC[C@@H](CO)NC(=O)/C=C/c1ccc2c(c1)OCO2. The number of rotatable bonds is 5. The van der Waals surface area contributed by atoms with E-state index < -0.39 is 0 Å². The first-order valence-electron chi connectivity index (χ1n) is 6.22. The lowest BCUT2D eigenvalue weighted by molar-refractivity contribution is -0.117. The van der Waals surface area contributed by atoms with Gasteiger partial charge in [0.15, 0.2) is 11.5 Å². The molecule has 19 heavy (non-hydrogen) atoms. The molecular formula is C14H17NO4. The minimum absolute atomic E-state index is 0.0555. The van der Waals surface area contributed by atoms with Crippen LogP contribution in [0.4, 0.5) is 0 Å². The average molecular weight is 263 g/mol. The Morgan fingerprint density at radius 3 is 3.00 bits per heavy atom. The van der Waals surface area contributed by atoms with Gasteiger partial charge in [-0.2, -0.15) is 0 Å². The topological polar surface area (TPSA) is 67.8 Å². The lowest BCUT2D eigenvalue weighted by Crippen LogP contribution is -2.35. The Morgan fingerprint density at radius 2 is 2.26 bits per heavy atom. The fraction of sp³-hybridized carbons (Fsp3) is 0.357. The van der Waals surface area contributed by atoms with Crippen LogP contribution in [0.15, 0.2) is 24.3 Å². The molecule has 0 spiro atoms. The quantitative estimate of drug-likeness (QED) is 0.786. The molecule has 5 heteroatoms. The number of carbonyl (C=O) groups excluding carboxylic acids is 1. The van der Waals surface area contributed by atoms with Gasteiger partial charge in [-0.3, -0.25) is 4.79 Å². The molecule has 1 aliphatic heterocycles. The lowest BCUT2D eigenvalue weighted by Gasteiger charge is -2.11. The molecule has 0 aromatic heterocycles. The van der Waals surface area contributed by atoms with E-state index in [0.29, 0.717) is 17.9 Å². The molecule has 5 nitrogen and oxygen atoms in total. The van der Waals surface area contributed by atoms with Crippen LogP contribution in [0.5, 0.6) is 11.5 Å². The molecule has 2 rings (SSSR count). The molecule has 1 aromatic rings. The normalized spacial score (nSPS) is 14.6. The molecule has 0 saturated heterocycles. The number of fused-ring (bicyclic) bond motifs is 1. The van der Waals surface area contributed by atoms with Crippen molar-refractivity contribution in [2.24, 2.45) is 0 Å². The first-order chi connectivity index (χ1) is 9.22. The van der Waals surface area contributed by atoms with E-state index in [1.807, 2.05) is 25.1 Å². The summed E-state index contributed by atoms with van der Waals surface area (Å²) in [7, 11) is 0. The molecule has 2 N–H and O–H groups in total. The predicted molar refractivity (Wildman–Crippen MR) is 70.9 cm³/mol. The number of nitrogens with one attached hydrogen (secondary N) is 1. The summed E-state index contributed by atoms with van der Waals surface area (Å²) in [5.74, 6) is 1.18. The number of hydrogen-bond donors (Lipinski definition) is 2. The van der Waals surface area contributed by atoms with E-state index in [0.717, 1.165) is 5.56 Å². The third kappa shape index (κ3) is 3.48. The van der Waals surface area contributed by atoms with Gasteiger partial charge < -0.3 is 19.9 Å². The van der Waals surface area contributed by atoms with Crippen LogP contribution < -0.4 is 14.8 Å². The molecule has 1 amide bonds. The van der Waals surface area contributed by atoms with Crippen molar-refractivity contribution >= 4 is 12.0 Å². The number of benzene rings is 1. The van der Waals surface area contributed by atoms with Gasteiger partial charge in [-0.15, -0.1) is 0 Å². The second-order valence-electron chi connectivity index (χ2n) is 4.24. The zero-order chi connectivity index (χ0) is 13.7. The minimum Gasteiger partial charge on any atom is -0.454 e. The molecule has 1 aliphatic rings. The van der Waals surface area contributed by atoms with Gasteiger partial charge in [0.2, 0.25) is 12.7 Å². The first-order valence-corrected chi connectivity index (χ1v) is 6.22. The van der Waals surface area contributed by atoms with Gasteiger partial charge in [0.1, 0.15) is 0 Å². The summed E-state index contributed by atoms with van der Waals surface area (Å²) in [6.45, 7) is 2.08. The van der Waals surface area contributed by atoms with E-state index >= 15 is 0 Å². The van der Waals surface area contributed by atoms with Gasteiger partial charge in [-0.1, -0.05) is 13.0 Å². The molecule has 0 saturated carbocycles. The molecule has 0 radical (unpaired) electrons.